The number of allylic oxidation sites excluding steroid dienone is 5. The summed E-state index contributed by atoms with van der Waals surface area (Å²) in [4.78, 5) is 24.7. The lowest BCUT2D eigenvalue weighted by atomic mass is 10.0. The van der Waals surface area contributed by atoms with Crippen molar-refractivity contribution in [1.29, 1.82) is 0 Å². The van der Waals surface area contributed by atoms with Crippen LogP contribution in [0.25, 0.3) is 0 Å². The van der Waals surface area contributed by atoms with Gasteiger partial charge in [0.25, 0.3) is 0 Å². The quantitative estimate of drug-likeness (QED) is 0.0320. The Balaban J connectivity index is 3.35. The lowest BCUT2D eigenvalue weighted by molar-refractivity contribution is -0.143. The van der Waals surface area contributed by atoms with E-state index in [0.717, 1.165) is 38.5 Å². The molecule has 3 N–H and O–H groups in total. The highest BCUT2D eigenvalue weighted by molar-refractivity contribution is 5.76. The first-order chi connectivity index (χ1) is 48.0. The predicted molar refractivity (Wildman–Crippen MR) is 430 cm³/mol. The van der Waals surface area contributed by atoms with Crippen LogP contribution in [-0.2, 0) is 14.3 Å². The summed E-state index contributed by atoms with van der Waals surface area (Å²) in [5.74, 6) is -0.0388. The lowest BCUT2D eigenvalue weighted by Crippen LogP contribution is -2.45. The molecule has 0 aromatic heterocycles. The zero-order valence-corrected chi connectivity index (χ0v) is 66.1. The van der Waals surface area contributed by atoms with Crippen molar-refractivity contribution >= 4 is 11.9 Å². The molecule has 0 radical (unpaired) electrons. The smallest absolute Gasteiger partial charge is 0.305 e. The first-order valence-electron chi connectivity index (χ1n) is 44.8. The molecular weight excluding hydrogens is 1190 g/mol. The summed E-state index contributed by atoms with van der Waals surface area (Å²) in [5, 5.41) is 23.4. The Morgan fingerprint density at radius 1 is 0.278 bits per heavy atom. The average Bonchev–Trinajstić information content (AvgIpc) is 3.68. The molecule has 0 fully saturated rings. The predicted octanol–water partition coefficient (Wildman–Crippen LogP) is 30.1. The lowest BCUT2D eigenvalue weighted by Gasteiger charge is -2.20. The number of carbonyl (C=O) groups is 2. The van der Waals surface area contributed by atoms with Crippen LogP contribution in [0.2, 0.25) is 0 Å². The van der Waals surface area contributed by atoms with Gasteiger partial charge in [-0.1, -0.05) is 448 Å². The van der Waals surface area contributed by atoms with Crippen molar-refractivity contribution < 1.29 is 24.5 Å². The SMILES string of the molecule is CCCCCCCCC/C=C\CCCCCCCCCC(=O)OCCCCCCCCCCCCCCCCCC/C=C\CCCCCCCCCCCCCCCCCCCC(=O)NC(CO)C(O)/C=C/CCCCCCCCCCCCCCCCCCCCCCCCC. The molecule has 6 heteroatoms. The van der Waals surface area contributed by atoms with Crippen LogP contribution in [-0.4, -0.2) is 47.4 Å². The maximum Gasteiger partial charge on any atom is 0.305 e. The molecule has 1 amide bonds. The molecule has 0 aliphatic heterocycles. The first kappa shape index (κ1) is 95.1. The highest BCUT2D eigenvalue weighted by Gasteiger charge is 2.18. The van der Waals surface area contributed by atoms with Crippen LogP contribution in [0.4, 0.5) is 0 Å². The molecule has 6 nitrogen and oxygen atoms in total. The van der Waals surface area contributed by atoms with Gasteiger partial charge in [0.1, 0.15) is 0 Å². The van der Waals surface area contributed by atoms with E-state index in [9.17, 15) is 19.8 Å². The van der Waals surface area contributed by atoms with E-state index < -0.39 is 12.1 Å². The Kier molecular flexibility index (Phi) is 84.8. The highest BCUT2D eigenvalue weighted by Crippen LogP contribution is 2.21. The van der Waals surface area contributed by atoms with Gasteiger partial charge < -0.3 is 20.3 Å². The molecule has 0 aromatic rings. The fraction of sp³-hybridized carbons (Fsp3) is 0.912. The molecule has 0 saturated carbocycles. The van der Waals surface area contributed by atoms with Gasteiger partial charge in [-0.05, 0) is 83.5 Å². The van der Waals surface area contributed by atoms with Gasteiger partial charge in [0, 0.05) is 12.8 Å². The van der Waals surface area contributed by atoms with Gasteiger partial charge in [-0.2, -0.15) is 0 Å². The maximum atomic E-state index is 12.6. The second-order valence-electron chi connectivity index (χ2n) is 30.9. The number of nitrogens with one attached hydrogen (secondary N) is 1. The van der Waals surface area contributed by atoms with Crippen LogP contribution in [0.5, 0.6) is 0 Å². The van der Waals surface area contributed by atoms with Crippen molar-refractivity contribution in [2.75, 3.05) is 13.2 Å². The molecule has 97 heavy (non-hydrogen) atoms. The van der Waals surface area contributed by atoms with Crippen molar-refractivity contribution in [3.8, 4) is 0 Å². The summed E-state index contributed by atoms with van der Waals surface area (Å²) < 4.78 is 5.52. The number of amides is 1. The van der Waals surface area contributed by atoms with E-state index in [1.54, 1.807) is 6.08 Å². The summed E-state index contributed by atoms with van der Waals surface area (Å²) >= 11 is 0. The van der Waals surface area contributed by atoms with Gasteiger partial charge in [-0.15, -0.1) is 0 Å². The number of ether oxygens (including phenoxy) is 1. The topological polar surface area (TPSA) is 95.9 Å². The molecule has 2 atom stereocenters. The van der Waals surface area contributed by atoms with Crippen molar-refractivity contribution in [3.05, 3.63) is 36.5 Å². The molecule has 0 saturated heterocycles. The molecule has 0 heterocycles. The van der Waals surface area contributed by atoms with E-state index >= 15 is 0 Å². The standard InChI is InChI=1S/C91H175NO5/c1-3-5-7-9-11-13-15-17-19-21-23-24-25-39-42-45-48-51-55-59-63-67-71-75-79-83-89(94)88(87-93)92-90(95)84-80-76-72-68-64-60-56-52-49-46-43-40-37-35-33-31-29-27-26-28-30-32-34-36-38-41-44-47-50-54-58-62-66-70-74-78-82-86-97-91(96)85-81-77-73-69-65-61-57-53-22-20-18-16-14-12-10-8-6-4-2/h20,22,26,28,79,83,88-89,93-94H,3-19,21,23-25,27,29-78,80-82,84-87H2,1-2H3,(H,92,95)/b22-20-,28-26-,83-79+. The van der Waals surface area contributed by atoms with Gasteiger partial charge >= 0.3 is 5.97 Å². The highest BCUT2D eigenvalue weighted by atomic mass is 16.5. The number of aliphatic hydroxyl groups is 2. The minimum absolute atomic E-state index is 0.0194. The number of hydrogen-bond donors (Lipinski definition) is 3. The fourth-order valence-electron chi connectivity index (χ4n) is 14.3. The monoisotopic (exact) mass is 1360 g/mol. The molecule has 0 rings (SSSR count). The van der Waals surface area contributed by atoms with Gasteiger partial charge in [0.05, 0.1) is 25.4 Å². The molecular formula is C91H175NO5. The van der Waals surface area contributed by atoms with Crippen LogP contribution >= 0.6 is 0 Å². The average molecular weight is 1360 g/mol. The molecule has 2 unspecified atom stereocenters. The molecule has 574 valence electrons. The second-order valence-corrected chi connectivity index (χ2v) is 30.9. The molecule has 0 aliphatic carbocycles. The summed E-state index contributed by atoms with van der Waals surface area (Å²) in [6.45, 7) is 4.96. The zero-order chi connectivity index (χ0) is 69.8. The Morgan fingerprint density at radius 2 is 0.485 bits per heavy atom. The number of rotatable bonds is 85. The fourth-order valence-corrected chi connectivity index (χ4v) is 14.3. The first-order valence-corrected chi connectivity index (χ1v) is 44.8. The molecule has 0 spiro atoms. The third kappa shape index (κ3) is 82.9. The number of aliphatic hydroxyl groups excluding tert-OH is 2. The van der Waals surface area contributed by atoms with E-state index in [0.29, 0.717) is 19.4 Å². The number of unbranched alkanes of at least 4 members (excludes halogenated alkanes) is 70. The van der Waals surface area contributed by atoms with Crippen LogP contribution in [0.1, 0.15) is 508 Å². The summed E-state index contributed by atoms with van der Waals surface area (Å²) in [6.07, 6.45) is 115. The second kappa shape index (κ2) is 86.5. The third-order valence-corrected chi connectivity index (χ3v) is 21.1. The van der Waals surface area contributed by atoms with E-state index in [1.165, 1.54) is 443 Å². The summed E-state index contributed by atoms with van der Waals surface area (Å²) in [7, 11) is 0. The van der Waals surface area contributed by atoms with Crippen LogP contribution in [0.15, 0.2) is 36.5 Å². The Hall–Kier alpha value is -1.92. The molecule has 0 bridgehead atoms. The van der Waals surface area contributed by atoms with E-state index in [1.807, 2.05) is 6.08 Å². The largest absolute Gasteiger partial charge is 0.466 e. The van der Waals surface area contributed by atoms with E-state index in [2.05, 4.69) is 43.5 Å². The number of carbonyl (C=O) groups excluding carboxylic acids is 2. The van der Waals surface area contributed by atoms with Gasteiger partial charge in [-0.3, -0.25) is 9.59 Å². The van der Waals surface area contributed by atoms with Crippen LogP contribution in [0, 0.1) is 0 Å². The van der Waals surface area contributed by atoms with Crippen LogP contribution < -0.4 is 5.32 Å². The van der Waals surface area contributed by atoms with Crippen molar-refractivity contribution in [2.24, 2.45) is 0 Å². The van der Waals surface area contributed by atoms with Gasteiger partial charge in [0.2, 0.25) is 5.91 Å². The molecule has 0 aromatic carbocycles. The van der Waals surface area contributed by atoms with Crippen molar-refractivity contribution in [2.45, 2.75) is 520 Å². The van der Waals surface area contributed by atoms with E-state index in [4.69, 9.17) is 4.74 Å². The normalized spacial score (nSPS) is 12.6. The minimum Gasteiger partial charge on any atom is -0.466 e. The van der Waals surface area contributed by atoms with Crippen molar-refractivity contribution in [1.82, 2.24) is 5.32 Å². The number of esters is 1. The molecule has 0 aliphatic rings. The Morgan fingerprint density at radius 3 is 0.732 bits per heavy atom. The number of hydrogen-bond acceptors (Lipinski definition) is 5. The van der Waals surface area contributed by atoms with Gasteiger partial charge in [0.15, 0.2) is 0 Å². The van der Waals surface area contributed by atoms with Gasteiger partial charge in [-0.25, -0.2) is 0 Å². The third-order valence-electron chi connectivity index (χ3n) is 21.1. The maximum absolute atomic E-state index is 12.6. The minimum atomic E-state index is -0.844. The zero-order valence-electron chi connectivity index (χ0n) is 66.1. The summed E-state index contributed by atoms with van der Waals surface area (Å²) in [5.41, 5.74) is 0. The van der Waals surface area contributed by atoms with Crippen LogP contribution in [0.3, 0.4) is 0 Å². The summed E-state index contributed by atoms with van der Waals surface area (Å²) in [6, 6.07) is -0.627. The Labute approximate surface area is 608 Å². The Bertz CT molecular complexity index is 1570. The van der Waals surface area contributed by atoms with Crippen molar-refractivity contribution in [3.63, 3.8) is 0 Å². The van der Waals surface area contributed by atoms with E-state index in [-0.39, 0.29) is 18.5 Å².